The Morgan fingerprint density at radius 2 is 1.87 bits per heavy atom. The fraction of sp³-hybridized carbons (Fsp3) is 0.263. The fourth-order valence-corrected chi connectivity index (χ4v) is 3.92. The van der Waals surface area contributed by atoms with Gasteiger partial charge in [0, 0.05) is 6.54 Å². The maximum absolute atomic E-state index is 13.5. The third kappa shape index (κ3) is 5.02. The van der Waals surface area contributed by atoms with Crippen LogP contribution in [0.4, 0.5) is 17.6 Å². The molecule has 3 aromatic rings. The number of esters is 1. The number of alkyl halides is 2. The zero-order chi connectivity index (χ0) is 22.8. The second-order valence-electron chi connectivity index (χ2n) is 6.46. The van der Waals surface area contributed by atoms with Gasteiger partial charge >= 0.3 is 12.5 Å². The van der Waals surface area contributed by atoms with Crippen molar-refractivity contribution >= 4 is 27.0 Å². The molecule has 0 aliphatic heterocycles. The second-order valence-corrected chi connectivity index (χ2v) is 8.23. The smallest absolute Gasteiger partial charge is 0.320 e. The van der Waals surface area contributed by atoms with Crippen molar-refractivity contribution in [2.24, 2.45) is 0 Å². The number of halogens is 4. The van der Waals surface area contributed by atoms with Crippen LogP contribution in [0, 0.1) is 11.6 Å². The van der Waals surface area contributed by atoms with E-state index in [1.54, 1.807) is 18.2 Å². The Kier molecular flexibility index (Phi) is 6.60. The Morgan fingerprint density at radius 3 is 2.55 bits per heavy atom. The van der Waals surface area contributed by atoms with Crippen LogP contribution in [0.15, 0.2) is 47.4 Å². The van der Waals surface area contributed by atoms with Crippen LogP contribution in [0.3, 0.4) is 0 Å². The Hall–Kier alpha value is -2.99. The van der Waals surface area contributed by atoms with Gasteiger partial charge in [0.25, 0.3) is 0 Å². The van der Waals surface area contributed by atoms with Gasteiger partial charge in [0.1, 0.15) is 0 Å². The lowest BCUT2D eigenvalue weighted by Gasteiger charge is -2.15. The van der Waals surface area contributed by atoms with Gasteiger partial charge in [0.2, 0.25) is 10.0 Å². The molecule has 0 spiro atoms. The number of hydrogen-bond acceptors (Lipinski definition) is 5. The van der Waals surface area contributed by atoms with Crippen molar-refractivity contribution in [3.63, 3.8) is 0 Å². The quantitative estimate of drug-likeness (QED) is 0.410. The van der Waals surface area contributed by atoms with Crippen LogP contribution >= 0.6 is 0 Å². The van der Waals surface area contributed by atoms with Gasteiger partial charge in [-0.15, -0.1) is 0 Å². The van der Waals surface area contributed by atoms with E-state index in [4.69, 9.17) is 4.74 Å². The number of rotatable bonds is 8. The van der Waals surface area contributed by atoms with Gasteiger partial charge in [-0.25, -0.2) is 26.9 Å². The second kappa shape index (κ2) is 9.02. The van der Waals surface area contributed by atoms with Crippen LogP contribution < -0.4 is 4.72 Å². The summed E-state index contributed by atoms with van der Waals surface area (Å²) in [6, 6.07) is 8.24. The predicted molar refractivity (Wildman–Crippen MR) is 102 cm³/mol. The molecule has 31 heavy (non-hydrogen) atoms. The molecule has 3 rings (SSSR count). The number of para-hydroxylation sites is 2. The van der Waals surface area contributed by atoms with Gasteiger partial charge in [0.15, 0.2) is 23.6 Å². The third-order valence-corrected chi connectivity index (χ3v) is 5.77. The van der Waals surface area contributed by atoms with Gasteiger partial charge in [0.05, 0.1) is 22.3 Å². The molecule has 12 heteroatoms. The number of nitrogens with one attached hydrogen (secondary N) is 1. The highest BCUT2D eigenvalue weighted by Crippen LogP contribution is 2.28. The minimum absolute atomic E-state index is 0.160. The number of nitrogens with zero attached hydrogens (tertiary/aromatic N) is 2. The standard InChI is InChI=1S/C19H17F4N3O4S/c1-11(18-25-15-4-2-3-5-16(15)26(18)19(22)23)30-17(27)8-9-24-31(28,29)12-6-7-13(20)14(21)10-12/h2-7,10-11,19,24H,8-9H2,1H3. The molecule has 0 aliphatic carbocycles. The Morgan fingerprint density at radius 1 is 1.16 bits per heavy atom. The third-order valence-electron chi connectivity index (χ3n) is 4.31. The number of benzene rings is 2. The molecule has 0 aliphatic rings. The molecule has 1 heterocycles. The molecule has 0 fully saturated rings. The van der Waals surface area contributed by atoms with E-state index in [2.05, 4.69) is 9.71 Å². The van der Waals surface area contributed by atoms with E-state index in [0.29, 0.717) is 22.2 Å². The fourth-order valence-electron chi connectivity index (χ4n) is 2.88. The molecule has 0 saturated carbocycles. The van der Waals surface area contributed by atoms with E-state index >= 15 is 0 Å². The van der Waals surface area contributed by atoms with Gasteiger partial charge in [-0.3, -0.25) is 9.36 Å². The van der Waals surface area contributed by atoms with Gasteiger partial charge in [-0.2, -0.15) is 8.78 Å². The molecule has 1 unspecified atom stereocenters. The molecule has 7 nitrogen and oxygen atoms in total. The molecular weight excluding hydrogens is 442 g/mol. The highest BCUT2D eigenvalue weighted by atomic mass is 32.2. The first-order valence-corrected chi connectivity index (χ1v) is 10.5. The van der Waals surface area contributed by atoms with Crippen LogP contribution in [0.25, 0.3) is 11.0 Å². The lowest BCUT2D eigenvalue weighted by molar-refractivity contribution is -0.149. The maximum Gasteiger partial charge on any atom is 0.320 e. The SMILES string of the molecule is CC(OC(=O)CCNS(=O)(=O)c1ccc(F)c(F)c1)c1nc2ccccc2n1C(F)F. The lowest BCUT2D eigenvalue weighted by Crippen LogP contribution is -2.27. The average Bonchev–Trinajstić information content (AvgIpc) is 3.10. The number of aromatic nitrogens is 2. The van der Waals surface area contributed by atoms with Crippen LogP contribution in [-0.2, 0) is 19.6 Å². The monoisotopic (exact) mass is 459 g/mol. The highest BCUT2D eigenvalue weighted by molar-refractivity contribution is 7.89. The normalized spacial score (nSPS) is 13.0. The summed E-state index contributed by atoms with van der Waals surface area (Å²) >= 11 is 0. The summed E-state index contributed by atoms with van der Waals surface area (Å²) in [5.74, 6) is -3.57. The maximum atomic E-state index is 13.5. The van der Waals surface area contributed by atoms with E-state index in [0.717, 1.165) is 6.07 Å². The number of carbonyl (C=O) groups is 1. The van der Waals surface area contributed by atoms with E-state index in [1.807, 2.05) is 0 Å². The Balaban J connectivity index is 1.63. The summed E-state index contributed by atoms with van der Waals surface area (Å²) in [5.41, 5.74) is 0.481. The zero-order valence-electron chi connectivity index (χ0n) is 16.1. The molecule has 1 N–H and O–H groups in total. The number of fused-ring (bicyclic) bond motifs is 1. The zero-order valence-corrected chi connectivity index (χ0v) is 16.9. The summed E-state index contributed by atoms with van der Waals surface area (Å²) in [6.45, 7) is -1.95. The number of imidazole rings is 1. The van der Waals surface area contributed by atoms with Gasteiger partial charge in [-0.1, -0.05) is 12.1 Å². The van der Waals surface area contributed by atoms with Crippen molar-refractivity contribution in [1.82, 2.24) is 14.3 Å². The highest BCUT2D eigenvalue weighted by Gasteiger charge is 2.24. The van der Waals surface area contributed by atoms with E-state index < -0.39 is 58.1 Å². The molecule has 1 atom stereocenters. The molecule has 0 saturated heterocycles. The summed E-state index contributed by atoms with van der Waals surface area (Å²) in [4.78, 5) is 15.6. The summed E-state index contributed by atoms with van der Waals surface area (Å²) < 4.78 is 85.2. The molecule has 1 aromatic heterocycles. The summed E-state index contributed by atoms with van der Waals surface area (Å²) in [7, 11) is -4.19. The van der Waals surface area contributed by atoms with Crippen molar-refractivity contribution in [1.29, 1.82) is 0 Å². The Bertz CT molecular complexity index is 1210. The first-order valence-electron chi connectivity index (χ1n) is 8.99. The van der Waals surface area contributed by atoms with Crippen LogP contribution in [0.1, 0.15) is 31.8 Å². The number of carbonyl (C=O) groups excluding carboxylic acids is 1. The summed E-state index contributed by atoms with van der Waals surface area (Å²) in [5, 5.41) is 0. The molecule has 0 bridgehead atoms. The van der Waals surface area contributed by atoms with Crippen LogP contribution in [0.5, 0.6) is 0 Å². The van der Waals surface area contributed by atoms with E-state index in [9.17, 15) is 30.8 Å². The van der Waals surface area contributed by atoms with Gasteiger partial charge in [-0.05, 0) is 37.3 Å². The van der Waals surface area contributed by atoms with Crippen molar-refractivity contribution in [3.8, 4) is 0 Å². The van der Waals surface area contributed by atoms with Crippen molar-refractivity contribution in [2.75, 3.05) is 6.54 Å². The van der Waals surface area contributed by atoms with Crippen LogP contribution in [-0.4, -0.2) is 30.5 Å². The minimum Gasteiger partial charge on any atom is -0.454 e. The average molecular weight is 459 g/mol. The number of ether oxygens (including phenoxy) is 1. The molecule has 0 amide bonds. The number of hydrogen-bond donors (Lipinski definition) is 1. The van der Waals surface area contributed by atoms with E-state index in [1.165, 1.54) is 13.0 Å². The Labute approximate surface area is 174 Å². The predicted octanol–water partition coefficient (Wildman–Crippen LogP) is 3.68. The topological polar surface area (TPSA) is 90.3 Å². The molecule has 0 radical (unpaired) electrons. The van der Waals surface area contributed by atoms with Crippen molar-refractivity contribution < 1.29 is 35.5 Å². The van der Waals surface area contributed by atoms with Crippen molar-refractivity contribution in [3.05, 3.63) is 59.9 Å². The van der Waals surface area contributed by atoms with E-state index in [-0.39, 0.29) is 11.3 Å². The molecular formula is C19H17F4N3O4S. The largest absolute Gasteiger partial charge is 0.454 e. The molecule has 2 aromatic carbocycles. The van der Waals surface area contributed by atoms with Crippen molar-refractivity contribution in [2.45, 2.75) is 30.9 Å². The minimum atomic E-state index is -4.19. The lowest BCUT2D eigenvalue weighted by atomic mass is 10.3. The molecule has 166 valence electrons. The number of sulfonamides is 1. The first kappa shape index (κ1) is 22.7. The first-order chi connectivity index (χ1) is 14.6. The van der Waals surface area contributed by atoms with Gasteiger partial charge < -0.3 is 4.74 Å². The summed E-state index contributed by atoms with van der Waals surface area (Å²) in [6.07, 6.45) is -1.56. The van der Waals surface area contributed by atoms with Crippen LogP contribution in [0.2, 0.25) is 0 Å².